The fourth-order valence-corrected chi connectivity index (χ4v) is 1.37. The number of rotatable bonds is 3. The molecule has 0 aliphatic rings. The van der Waals surface area contributed by atoms with Gasteiger partial charge < -0.3 is 15.9 Å². The number of aliphatic hydroxyl groups excluding tert-OH is 1. The average Bonchev–Trinajstić information content (AvgIpc) is 2.16. The predicted molar refractivity (Wildman–Crippen MR) is 55.9 cm³/mol. The van der Waals surface area contributed by atoms with Gasteiger partial charge in [0.2, 0.25) is 0 Å². The molecule has 3 nitrogen and oxygen atoms in total. The summed E-state index contributed by atoms with van der Waals surface area (Å²) in [6.45, 7) is 3.79. The Kier molecular flexibility index (Phi) is 3.49. The number of benzene rings is 1. The van der Waals surface area contributed by atoms with Crippen LogP contribution in [0, 0.1) is 5.92 Å². The van der Waals surface area contributed by atoms with E-state index < -0.39 is 12.1 Å². The van der Waals surface area contributed by atoms with E-state index in [0.29, 0.717) is 5.56 Å². The molecule has 0 heterocycles. The van der Waals surface area contributed by atoms with Gasteiger partial charge in [-0.1, -0.05) is 32.0 Å². The highest BCUT2D eigenvalue weighted by atomic mass is 16.3. The first-order chi connectivity index (χ1) is 6.54. The molecule has 0 fully saturated rings. The smallest absolute Gasteiger partial charge is 0.120 e. The number of para-hydroxylation sites is 1. The Morgan fingerprint density at radius 2 is 1.79 bits per heavy atom. The summed E-state index contributed by atoms with van der Waals surface area (Å²) >= 11 is 0. The zero-order valence-electron chi connectivity index (χ0n) is 8.51. The molecule has 0 amide bonds. The van der Waals surface area contributed by atoms with Gasteiger partial charge in [0.25, 0.3) is 0 Å². The molecule has 4 N–H and O–H groups in total. The monoisotopic (exact) mass is 195 g/mol. The molecule has 3 heteroatoms. The number of aliphatic hydroxyl groups is 1. The number of aromatic hydroxyl groups is 1. The molecule has 1 aromatic rings. The van der Waals surface area contributed by atoms with Crippen LogP contribution in [0.2, 0.25) is 0 Å². The van der Waals surface area contributed by atoms with E-state index >= 15 is 0 Å². The maximum atomic E-state index is 9.74. The van der Waals surface area contributed by atoms with Crippen LogP contribution in [0.25, 0.3) is 0 Å². The molecule has 0 saturated carbocycles. The minimum Gasteiger partial charge on any atom is -0.508 e. The van der Waals surface area contributed by atoms with E-state index in [1.165, 1.54) is 0 Å². The molecular weight excluding hydrogens is 178 g/mol. The van der Waals surface area contributed by atoms with Gasteiger partial charge >= 0.3 is 0 Å². The van der Waals surface area contributed by atoms with Crippen molar-refractivity contribution >= 4 is 0 Å². The topological polar surface area (TPSA) is 66.5 Å². The lowest BCUT2D eigenvalue weighted by atomic mass is 9.94. The van der Waals surface area contributed by atoms with E-state index in [0.717, 1.165) is 0 Å². The van der Waals surface area contributed by atoms with Gasteiger partial charge in [-0.15, -0.1) is 0 Å². The Morgan fingerprint density at radius 1 is 1.21 bits per heavy atom. The summed E-state index contributed by atoms with van der Waals surface area (Å²) in [4.78, 5) is 0. The molecule has 0 bridgehead atoms. The van der Waals surface area contributed by atoms with Gasteiger partial charge in [0.1, 0.15) is 5.75 Å². The maximum Gasteiger partial charge on any atom is 0.120 e. The summed E-state index contributed by atoms with van der Waals surface area (Å²) in [6, 6.07) is 6.29. The van der Waals surface area contributed by atoms with E-state index in [4.69, 9.17) is 5.73 Å². The molecule has 0 radical (unpaired) electrons. The molecule has 0 aliphatic heterocycles. The third-order valence-electron chi connectivity index (χ3n) is 2.35. The Bertz CT molecular complexity index is 299. The van der Waals surface area contributed by atoms with E-state index in [-0.39, 0.29) is 11.7 Å². The van der Waals surface area contributed by atoms with Crippen LogP contribution in [0.1, 0.15) is 25.5 Å². The first-order valence-electron chi connectivity index (χ1n) is 4.75. The van der Waals surface area contributed by atoms with Crippen molar-refractivity contribution in [2.24, 2.45) is 11.7 Å². The van der Waals surface area contributed by atoms with Gasteiger partial charge in [0.05, 0.1) is 12.1 Å². The number of hydrogen-bond donors (Lipinski definition) is 3. The standard InChI is InChI=1S/C11H17NO2/c1-7(2)11(14)10(12)8-5-3-4-6-9(8)13/h3-7,10-11,13-14H,12H2,1-2H3. The lowest BCUT2D eigenvalue weighted by molar-refractivity contribution is 0.0970. The van der Waals surface area contributed by atoms with Crippen LogP contribution < -0.4 is 5.73 Å². The molecule has 2 atom stereocenters. The Morgan fingerprint density at radius 3 is 2.29 bits per heavy atom. The minimum absolute atomic E-state index is 0.0737. The molecule has 0 spiro atoms. The van der Waals surface area contributed by atoms with Gasteiger partial charge in [-0.3, -0.25) is 0 Å². The van der Waals surface area contributed by atoms with Gasteiger partial charge in [0.15, 0.2) is 0 Å². The van der Waals surface area contributed by atoms with Crippen molar-refractivity contribution in [3.8, 4) is 5.75 Å². The Balaban J connectivity index is 2.89. The van der Waals surface area contributed by atoms with Gasteiger partial charge in [-0.05, 0) is 12.0 Å². The molecule has 1 rings (SSSR count). The third kappa shape index (κ3) is 2.25. The van der Waals surface area contributed by atoms with Crippen molar-refractivity contribution in [2.75, 3.05) is 0 Å². The summed E-state index contributed by atoms with van der Waals surface area (Å²) in [5.74, 6) is 0.212. The normalized spacial score (nSPS) is 15.5. The molecular formula is C11H17NO2. The quantitative estimate of drug-likeness (QED) is 0.683. The summed E-state index contributed by atoms with van der Waals surface area (Å²) in [6.07, 6.45) is -0.636. The molecule has 78 valence electrons. The molecule has 14 heavy (non-hydrogen) atoms. The molecule has 0 saturated heterocycles. The van der Waals surface area contributed by atoms with Crippen LogP contribution >= 0.6 is 0 Å². The predicted octanol–water partition coefficient (Wildman–Crippen LogP) is 1.41. The van der Waals surface area contributed by atoms with Crippen molar-refractivity contribution in [3.05, 3.63) is 29.8 Å². The second-order valence-electron chi connectivity index (χ2n) is 3.82. The second-order valence-corrected chi connectivity index (χ2v) is 3.82. The molecule has 0 aliphatic carbocycles. The minimum atomic E-state index is -0.636. The summed E-state index contributed by atoms with van der Waals surface area (Å²) < 4.78 is 0. The second kappa shape index (κ2) is 4.44. The highest BCUT2D eigenvalue weighted by Crippen LogP contribution is 2.26. The van der Waals surface area contributed by atoms with Gasteiger partial charge in [-0.2, -0.15) is 0 Å². The summed E-state index contributed by atoms with van der Waals surface area (Å²) in [5.41, 5.74) is 6.42. The van der Waals surface area contributed by atoms with Gasteiger partial charge in [-0.25, -0.2) is 0 Å². The van der Waals surface area contributed by atoms with Crippen LogP contribution in [0.5, 0.6) is 5.75 Å². The van der Waals surface area contributed by atoms with Crippen molar-refractivity contribution in [3.63, 3.8) is 0 Å². The van der Waals surface area contributed by atoms with Crippen molar-refractivity contribution < 1.29 is 10.2 Å². The van der Waals surface area contributed by atoms with E-state index in [9.17, 15) is 10.2 Å². The fraction of sp³-hybridized carbons (Fsp3) is 0.455. The fourth-order valence-electron chi connectivity index (χ4n) is 1.37. The van der Waals surface area contributed by atoms with Crippen LogP contribution in [0.4, 0.5) is 0 Å². The number of nitrogens with two attached hydrogens (primary N) is 1. The van der Waals surface area contributed by atoms with E-state index in [1.807, 2.05) is 13.8 Å². The highest BCUT2D eigenvalue weighted by Gasteiger charge is 2.21. The van der Waals surface area contributed by atoms with E-state index in [1.54, 1.807) is 24.3 Å². The van der Waals surface area contributed by atoms with Crippen molar-refractivity contribution in [1.82, 2.24) is 0 Å². The Labute approximate surface area is 84.2 Å². The summed E-state index contributed by atoms with van der Waals surface area (Å²) in [5, 5.41) is 19.3. The van der Waals surface area contributed by atoms with Gasteiger partial charge in [0, 0.05) is 5.56 Å². The van der Waals surface area contributed by atoms with Crippen LogP contribution in [-0.4, -0.2) is 16.3 Å². The highest BCUT2D eigenvalue weighted by molar-refractivity contribution is 5.34. The zero-order valence-corrected chi connectivity index (χ0v) is 8.51. The first kappa shape index (κ1) is 11.0. The van der Waals surface area contributed by atoms with Crippen molar-refractivity contribution in [2.45, 2.75) is 26.0 Å². The lowest BCUT2D eigenvalue weighted by Crippen LogP contribution is -2.30. The first-order valence-corrected chi connectivity index (χ1v) is 4.75. The number of hydrogen-bond acceptors (Lipinski definition) is 3. The molecule has 1 aromatic carbocycles. The average molecular weight is 195 g/mol. The summed E-state index contributed by atoms with van der Waals surface area (Å²) in [7, 11) is 0. The largest absolute Gasteiger partial charge is 0.508 e. The molecule has 0 aromatic heterocycles. The SMILES string of the molecule is CC(C)C(O)C(N)c1ccccc1O. The van der Waals surface area contributed by atoms with Crippen LogP contribution in [0.15, 0.2) is 24.3 Å². The number of phenols is 1. The Hall–Kier alpha value is -1.06. The third-order valence-corrected chi connectivity index (χ3v) is 2.35. The van der Waals surface area contributed by atoms with E-state index in [2.05, 4.69) is 0 Å². The van der Waals surface area contributed by atoms with Crippen LogP contribution in [-0.2, 0) is 0 Å². The maximum absolute atomic E-state index is 9.74. The zero-order chi connectivity index (χ0) is 10.7. The lowest BCUT2D eigenvalue weighted by Gasteiger charge is -2.22. The number of phenolic OH excluding ortho intramolecular Hbond substituents is 1. The van der Waals surface area contributed by atoms with Crippen LogP contribution in [0.3, 0.4) is 0 Å². The molecule has 2 unspecified atom stereocenters. The van der Waals surface area contributed by atoms with Crippen molar-refractivity contribution in [1.29, 1.82) is 0 Å².